The Morgan fingerprint density at radius 2 is 1.93 bits per heavy atom. The summed E-state index contributed by atoms with van der Waals surface area (Å²) < 4.78 is 11.5. The van der Waals surface area contributed by atoms with Crippen LogP contribution in [0, 0.1) is 10.1 Å². The Morgan fingerprint density at radius 1 is 1.23 bits per heavy atom. The fourth-order valence-corrected chi connectivity index (χ4v) is 3.40. The van der Waals surface area contributed by atoms with Gasteiger partial charge in [0.25, 0.3) is 11.6 Å². The van der Waals surface area contributed by atoms with E-state index in [2.05, 4.69) is 26.5 Å². The summed E-state index contributed by atoms with van der Waals surface area (Å²) in [4.78, 5) is 22.7. The molecule has 1 amide bonds. The van der Waals surface area contributed by atoms with Crippen molar-refractivity contribution >= 4 is 44.5 Å². The first-order valence-corrected chi connectivity index (χ1v) is 9.54. The molecule has 152 valence electrons. The van der Waals surface area contributed by atoms with Crippen LogP contribution in [0.3, 0.4) is 0 Å². The summed E-state index contributed by atoms with van der Waals surface area (Å²) >= 11 is 3.04. The minimum absolute atomic E-state index is 0.000298. The average Bonchev–Trinajstić information content (AvgIpc) is 2.74. The molecule has 1 aliphatic heterocycles. The zero-order valence-corrected chi connectivity index (χ0v) is 16.8. The molecule has 0 saturated heterocycles. The van der Waals surface area contributed by atoms with Crippen LogP contribution in [-0.2, 0) is 4.79 Å². The normalized spacial score (nSPS) is 15.3. The third-order valence-corrected chi connectivity index (χ3v) is 5.04. The van der Waals surface area contributed by atoms with E-state index in [1.54, 1.807) is 6.07 Å². The van der Waals surface area contributed by atoms with Crippen molar-refractivity contribution in [3.05, 3.63) is 68.7 Å². The number of hydrogen-bond donors (Lipinski definition) is 2. The second-order valence-electron chi connectivity index (χ2n) is 6.42. The lowest BCUT2D eigenvalue weighted by atomic mass is 10.1. The van der Waals surface area contributed by atoms with Crippen molar-refractivity contribution in [3.63, 3.8) is 0 Å². The van der Waals surface area contributed by atoms with Gasteiger partial charge >= 0.3 is 0 Å². The molecular formula is C20H14BrN3O6. The van der Waals surface area contributed by atoms with E-state index in [0.29, 0.717) is 11.5 Å². The lowest BCUT2D eigenvalue weighted by Gasteiger charge is -2.25. The Morgan fingerprint density at radius 3 is 2.63 bits per heavy atom. The van der Waals surface area contributed by atoms with Gasteiger partial charge in [-0.2, -0.15) is 5.10 Å². The van der Waals surface area contributed by atoms with Gasteiger partial charge in [-0.1, -0.05) is 24.3 Å². The largest absolute Gasteiger partial charge is 0.506 e. The summed E-state index contributed by atoms with van der Waals surface area (Å²) in [5.41, 5.74) is 2.12. The van der Waals surface area contributed by atoms with Crippen molar-refractivity contribution in [2.45, 2.75) is 6.10 Å². The Kier molecular flexibility index (Phi) is 5.23. The highest BCUT2D eigenvalue weighted by atomic mass is 79.9. The number of carbonyl (C=O) groups excluding carboxylic acids is 1. The molecule has 1 unspecified atom stereocenters. The summed E-state index contributed by atoms with van der Waals surface area (Å²) in [6.45, 7) is 0.000298. The van der Waals surface area contributed by atoms with Crippen molar-refractivity contribution in [2.24, 2.45) is 5.10 Å². The van der Waals surface area contributed by atoms with Crippen LogP contribution in [0.4, 0.5) is 5.69 Å². The quantitative estimate of drug-likeness (QED) is 0.341. The number of carbonyl (C=O) groups is 1. The van der Waals surface area contributed by atoms with E-state index in [9.17, 15) is 20.0 Å². The number of non-ortho nitro benzene ring substituents is 1. The van der Waals surface area contributed by atoms with Crippen LogP contribution < -0.4 is 14.9 Å². The van der Waals surface area contributed by atoms with E-state index in [-0.39, 0.29) is 28.1 Å². The summed E-state index contributed by atoms with van der Waals surface area (Å²) in [6.07, 6.45) is 0.178. The molecule has 1 atom stereocenters. The van der Waals surface area contributed by atoms with Gasteiger partial charge in [0, 0.05) is 17.7 Å². The van der Waals surface area contributed by atoms with Crippen molar-refractivity contribution in [1.29, 1.82) is 0 Å². The van der Waals surface area contributed by atoms with Crippen LogP contribution in [0.15, 0.2) is 58.1 Å². The number of nitrogens with zero attached hydrogens (tertiary/aromatic N) is 2. The summed E-state index contributed by atoms with van der Waals surface area (Å²) in [6, 6.07) is 13.6. The maximum atomic E-state index is 12.4. The van der Waals surface area contributed by atoms with Crippen molar-refractivity contribution < 1.29 is 24.3 Å². The number of nitro benzene ring substituents is 1. The Labute approximate surface area is 178 Å². The van der Waals surface area contributed by atoms with Gasteiger partial charge in [0.15, 0.2) is 11.5 Å². The molecule has 0 aliphatic carbocycles. The third-order valence-electron chi connectivity index (χ3n) is 4.43. The molecule has 30 heavy (non-hydrogen) atoms. The highest BCUT2D eigenvalue weighted by Crippen LogP contribution is 2.36. The van der Waals surface area contributed by atoms with E-state index >= 15 is 0 Å². The van der Waals surface area contributed by atoms with Crippen LogP contribution in [0.1, 0.15) is 5.56 Å². The van der Waals surface area contributed by atoms with E-state index in [1.807, 2.05) is 30.3 Å². The number of nitro groups is 1. The molecule has 4 rings (SSSR count). The number of phenolic OH excluding ortho intramolecular Hbond substituents is 1. The molecule has 1 heterocycles. The Bertz CT molecular complexity index is 1200. The lowest BCUT2D eigenvalue weighted by molar-refractivity contribution is -0.385. The zero-order valence-electron chi connectivity index (χ0n) is 15.2. The maximum absolute atomic E-state index is 12.4. The fraction of sp³-hybridized carbons (Fsp3) is 0.100. The Balaban J connectivity index is 1.46. The number of benzene rings is 3. The van der Waals surface area contributed by atoms with Gasteiger partial charge in [-0.05, 0) is 38.8 Å². The van der Waals surface area contributed by atoms with E-state index < -0.39 is 16.9 Å². The highest BCUT2D eigenvalue weighted by molar-refractivity contribution is 9.10. The third kappa shape index (κ3) is 3.90. The first-order chi connectivity index (χ1) is 14.4. The van der Waals surface area contributed by atoms with Crippen LogP contribution in [0.25, 0.3) is 10.8 Å². The molecule has 10 heteroatoms. The van der Waals surface area contributed by atoms with E-state index in [4.69, 9.17) is 9.47 Å². The second kappa shape index (κ2) is 7.99. The molecular weight excluding hydrogens is 458 g/mol. The number of phenols is 1. The SMILES string of the molecule is O=C(N/N=C/c1cc([N+](=O)[O-])cc(Br)c1O)C1COc2cc3ccccc3cc2O1. The maximum Gasteiger partial charge on any atom is 0.284 e. The van der Waals surface area contributed by atoms with Crippen LogP contribution in [-0.4, -0.2) is 34.9 Å². The number of aromatic hydroxyl groups is 1. The number of hydrogen-bond acceptors (Lipinski definition) is 7. The average molecular weight is 472 g/mol. The topological polar surface area (TPSA) is 123 Å². The fourth-order valence-electron chi connectivity index (χ4n) is 2.93. The first-order valence-electron chi connectivity index (χ1n) is 8.74. The number of hydrazone groups is 1. The number of rotatable bonds is 4. The van der Waals surface area contributed by atoms with E-state index in [1.165, 1.54) is 6.07 Å². The molecule has 0 saturated carbocycles. The van der Waals surface area contributed by atoms with Gasteiger partial charge in [-0.3, -0.25) is 14.9 Å². The lowest BCUT2D eigenvalue weighted by Crippen LogP contribution is -2.42. The molecule has 0 spiro atoms. The van der Waals surface area contributed by atoms with Gasteiger partial charge in [0.1, 0.15) is 12.4 Å². The molecule has 2 N–H and O–H groups in total. The molecule has 3 aromatic rings. The Hall–Kier alpha value is -3.66. The minimum atomic E-state index is -0.929. The standard InChI is InChI=1S/C20H14BrN3O6/c21-15-8-14(24(27)28)5-13(19(15)25)9-22-23-20(26)18-10-29-16-6-11-3-1-2-4-12(11)7-17(16)30-18/h1-9,18,25H,10H2,(H,23,26)/b22-9+. The number of amides is 1. The molecule has 9 nitrogen and oxygen atoms in total. The molecule has 0 bridgehead atoms. The molecule has 3 aromatic carbocycles. The van der Waals surface area contributed by atoms with Gasteiger partial charge in [0.05, 0.1) is 15.6 Å². The van der Waals surface area contributed by atoms with E-state index in [0.717, 1.165) is 23.1 Å². The number of fused-ring (bicyclic) bond motifs is 2. The minimum Gasteiger partial charge on any atom is -0.506 e. The van der Waals surface area contributed by atoms with Crippen LogP contribution >= 0.6 is 15.9 Å². The number of halogens is 1. The summed E-state index contributed by atoms with van der Waals surface area (Å²) in [5, 5.41) is 26.6. The predicted molar refractivity (Wildman–Crippen MR) is 112 cm³/mol. The summed E-state index contributed by atoms with van der Waals surface area (Å²) in [7, 11) is 0. The molecule has 0 aromatic heterocycles. The van der Waals surface area contributed by atoms with Gasteiger partial charge in [0.2, 0.25) is 6.10 Å². The molecule has 0 radical (unpaired) electrons. The molecule has 1 aliphatic rings. The summed E-state index contributed by atoms with van der Waals surface area (Å²) in [5.74, 6) is 0.197. The first kappa shape index (κ1) is 19.6. The van der Waals surface area contributed by atoms with Crippen molar-refractivity contribution in [3.8, 4) is 17.2 Å². The van der Waals surface area contributed by atoms with Gasteiger partial charge < -0.3 is 14.6 Å². The number of ether oxygens (including phenoxy) is 2. The van der Waals surface area contributed by atoms with Gasteiger partial charge in [-0.25, -0.2) is 5.43 Å². The predicted octanol–water partition coefficient (Wildman–Crippen LogP) is 3.51. The van der Waals surface area contributed by atoms with Crippen molar-refractivity contribution in [2.75, 3.05) is 6.61 Å². The highest BCUT2D eigenvalue weighted by Gasteiger charge is 2.27. The zero-order chi connectivity index (χ0) is 21.3. The second-order valence-corrected chi connectivity index (χ2v) is 7.27. The molecule has 0 fully saturated rings. The smallest absolute Gasteiger partial charge is 0.284 e. The number of nitrogens with one attached hydrogen (secondary N) is 1. The van der Waals surface area contributed by atoms with Crippen LogP contribution in [0.2, 0.25) is 0 Å². The monoisotopic (exact) mass is 471 g/mol. The van der Waals surface area contributed by atoms with Crippen molar-refractivity contribution in [1.82, 2.24) is 5.43 Å². The van der Waals surface area contributed by atoms with Gasteiger partial charge in [-0.15, -0.1) is 0 Å². The van der Waals surface area contributed by atoms with Crippen LogP contribution in [0.5, 0.6) is 17.2 Å².